The van der Waals surface area contributed by atoms with Crippen molar-refractivity contribution in [1.82, 2.24) is 10.5 Å². The van der Waals surface area contributed by atoms with Gasteiger partial charge in [-0.3, -0.25) is 9.69 Å². The van der Waals surface area contributed by atoms with Gasteiger partial charge in [0.1, 0.15) is 0 Å². The molecule has 0 saturated carbocycles. The van der Waals surface area contributed by atoms with Crippen molar-refractivity contribution in [1.29, 1.82) is 0 Å². The first-order chi connectivity index (χ1) is 8.56. The Morgan fingerprint density at radius 1 is 1.56 bits per heavy atom. The molecule has 0 saturated heterocycles. The molecule has 5 nitrogen and oxygen atoms in total. The molecule has 6 heteroatoms. The zero-order valence-electron chi connectivity index (χ0n) is 10.5. The van der Waals surface area contributed by atoms with Gasteiger partial charge in [-0.2, -0.15) is 0 Å². The van der Waals surface area contributed by atoms with Crippen LogP contribution < -0.4 is 11.4 Å². The van der Waals surface area contributed by atoms with Gasteiger partial charge in [-0.15, -0.1) is 0 Å². The van der Waals surface area contributed by atoms with Crippen LogP contribution in [0.15, 0.2) is 24.3 Å². The minimum Gasteiger partial charge on any atom is -0.356 e. The zero-order chi connectivity index (χ0) is 13.5. The number of benzene rings is 1. The van der Waals surface area contributed by atoms with Gasteiger partial charge in [-0.05, 0) is 25.6 Å². The van der Waals surface area contributed by atoms with Crippen molar-refractivity contribution in [3.05, 3.63) is 34.9 Å². The average Bonchev–Trinajstić information content (AvgIpc) is 2.36. The molecule has 0 aliphatic rings. The van der Waals surface area contributed by atoms with Gasteiger partial charge in [0.25, 0.3) is 0 Å². The molecule has 0 amide bonds. The molecule has 0 heterocycles. The summed E-state index contributed by atoms with van der Waals surface area (Å²) in [6.07, 6.45) is 0.259. The fourth-order valence-electron chi connectivity index (χ4n) is 1.63. The summed E-state index contributed by atoms with van der Waals surface area (Å²) in [5.41, 5.74) is 2.91. The van der Waals surface area contributed by atoms with Crippen molar-refractivity contribution < 1.29 is 9.63 Å². The van der Waals surface area contributed by atoms with Crippen LogP contribution >= 0.6 is 11.6 Å². The molecule has 0 aliphatic heterocycles. The maximum Gasteiger partial charge on any atom is 0.327 e. The van der Waals surface area contributed by atoms with Gasteiger partial charge < -0.3 is 4.84 Å². The van der Waals surface area contributed by atoms with E-state index in [0.717, 1.165) is 10.6 Å². The second-order valence-electron chi connectivity index (χ2n) is 4.02. The summed E-state index contributed by atoms with van der Waals surface area (Å²) in [6, 6.07) is 7.79. The van der Waals surface area contributed by atoms with Crippen LogP contribution in [0.5, 0.6) is 0 Å². The van der Waals surface area contributed by atoms with Crippen LogP contribution in [0.1, 0.15) is 24.9 Å². The predicted molar refractivity (Wildman–Crippen MR) is 70.5 cm³/mol. The fraction of sp³-hybridized carbons (Fsp3) is 0.417. The second kappa shape index (κ2) is 7.33. The summed E-state index contributed by atoms with van der Waals surface area (Å²) in [4.78, 5) is 17.6. The SMILES string of the molecule is CC(c1ccccc1Cl)N(C)CCC(=O)ONN. The normalized spacial score (nSPS) is 12.5. The summed E-state index contributed by atoms with van der Waals surface area (Å²) in [5, 5.41) is 0.725. The summed E-state index contributed by atoms with van der Waals surface area (Å²) in [7, 11) is 1.93. The standard InChI is InChI=1S/C12H18ClN3O2/c1-9(10-5-3-4-6-11(10)13)16(2)8-7-12(17)18-15-14/h3-6,9,15H,7-8,14H2,1-2H3. The van der Waals surface area contributed by atoms with Gasteiger partial charge in [-0.1, -0.05) is 35.4 Å². The van der Waals surface area contributed by atoms with Crippen molar-refractivity contribution >= 4 is 17.6 Å². The van der Waals surface area contributed by atoms with Crippen molar-refractivity contribution in [3.8, 4) is 0 Å². The Morgan fingerprint density at radius 2 is 2.22 bits per heavy atom. The molecule has 0 radical (unpaired) electrons. The van der Waals surface area contributed by atoms with E-state index in [1.165, 1.54) is 0 Å². The second-order valence-corrected chi connectivity index (χ2v) is 4.43. The van der Waals surface area contributed by atoms with E-state index in [1.807, 2.05) is 48.7 Å². The molecule has 18 heavy (non-hydrogen) atoms. The van der Waals surface area contributed by atoms with Crippen molar-refractivity contribution in [2.45, 2.75) is 19.4 Å². The zero-order valence-corrected chi connectivity index (χ0v) is 11.3. The lowest BCUT2D eigenvalue weighted by Gasteiger charge is -2.25. The number of nitrogens with zero attached hydrogens (tertiary/aromatic N) is 1. The Kier molecular flexibility index (Phi) is 6.07. The first kappa shape index (κ1) is 14.9. The molecule has 1 aromatic rings. The minimum absolute atomic E-state index is 0.123. The van der Waals surface area contributed by atoms with E-state index < -0.39 is 5.97 Å². The number of halogens is 1. The Morgan fingerprint density at radius 3 is 2.83 bits per heavy atom. The van der Waals surface area contributed by atoms with E-state index in [4.69, 9.17) is 17.4 Å². The molecule has 0 spiro atoms. The number of hydrazine groups is 1. The minimum atomic E-state index is -0.393. The average molecular weight is 272 g/mol. The van der Waals surface area contributed by atoms with Crippen LogP contribution in [-0.4, -0.2) is 24.5 Å². The summed E-state index contributed by atoms with van der Waals surface area (Å²) in [6.45, 7) is 2.60. The molecule has 1 atom stereocenters. The number of hydrogen-bond acceptors (Lipinski definition) is 5. The topological polar surface area (TPSA) is 67.6 Å². The Balaban J connectivity index is 2.54. The number of nitrogens with one attached hydrogen (secondary N) is 1. The van der Waals surface area contributed by atoms with Crippen molar-refractivity contribution in [2.24, 2.45) is 5.84 Å². The molecule has 0 aliphatic carbocycles. The van der Waals surface area contributed by atoms with Crippen LogP contribution in [-0.2, 0) is 9.63 Å². The van der Waals surface area contributed by atoms with Gasteiger partial charge in [0.15, 0.2) is 0 Å². The summed E-state index contributed by atoms with van der Waals surface area (Å²) in [5.74, 6) is 4.49. The lowest BCUT2D eigenvalue weighted by molar-refractivity contribution is -0.151. The monoisotopic (exact) mass is 271 g/mol. The highest BCUT2D eigenvalue weighted by Gasteiger charge is 2.15. The van der Waals surface area contributed by atoms with Crippen LogP contribution in [0.3, 0.4) is 0 Å². The lowest BCUT2D eigenvalue weighted by atomic mass is 10.1. The van der Waals surface area contributed by atoms with Crippen molar-refractivity contribution in [2.75, 3.05) is 13.6 Å². The number of carbonyl (C=O) groups excluding carboxylic acids is 1. The first-order valence-corrected chi connectivity index (χ1v) is 6.04. The Bertz CT molecular complexity index is 401. The van der Waals surface area contributed by atoms with E-state index in [2.05, 4.69) is 4.84 Å². The molecule has 1 rings (SSSR count). The predicted octanol–water partition coefficient (Wildman–Crippen LogP) is 1.64. The smallest absolute Gasteiger partial charge is 0.327 e. The van der Waals surface area contributed by atoms with E-state index in [9.17, 15) is 4.79 Å². The third kappa shape index (κ3) is 4.27. The van der Waals surface area contributed by atoms with Gasteiger partial charge in [-0.25, -0.2) is 5.84 Å². The molecule has 1 aromatic carbocycles. The molecular formula is C12H18ClN3O2. The Labute approximate surface area is 112 Å². The number of nitrogens with two attached hydrogens (primary N) is 1. The van der Waals surface area contributed by atoms with Crippen LogP contribution in [0.2, 0.25) is 5.02 Å². The highest BCUT2D eigenvalue weighted by atomic mass is 35.5. The number of hydrogen-bond donors (Lipinski definition) is 2. The first-order valence-electron chi connectivity index (χ1n) is 5.66. The van der Waals surface area contributed by atoms with E-state index in [0.29, 0.717) is 6.54 Å². The third-order valence-corrected chi connectivity index (χ3v) is 3.20. The maximum atomic E-state index is 11.2. The molecular weight excluding hydrogens is 254 g/mol. The number of carbonyl (C=O) groups is 1. The molecule has 0 bridgehead atoms. The van der Waals surface area contributed by atoms with E-state index >= 15 is 0 Å². The van der Waals surface area contributed by atoms with Gasteiger partial charge in [0.05, 0.1) is 6.42 Å². The third-order valence-electron chi connectivity index (χ3n) is 2.86. The van der Waals surface area contributed by atoms with Crippen LogP contribution in [0, 0.1) is 0 Å². The molecule has 100 valence electrons. The van der Waals surface area contributed by atoms with Crippen molar-refractivity contribution in [3.63, 3.8) is 0 Å². The summed E-state index contributed by atoms with van der Waals surface area (Å²) < 4.78 is 0. The number of rotatable bonds is 6. The Hall–Kier alpha value is -1.14. The quantitative estimate of drug-likeness (QED) is 0.608. The highest BCUT2D eigenvalue weighted by molar-refractivity contribution is 6.31. The van der Waals surface area contributed by atoms with E-state index in [-0.39, 0.29) is 12.5 Å². The van der Waals surface area contributed by atoms with Crippen LogP contribution in [0.25, 0.3) is 0 Å². The highest BCUT2D eigenvalue weighted by Crippen LogP contribution is 2.26. The maximum absolute atomic E-state index is 11.2. The molecule has 1 unspecified atom stereocenters. The van der Waals surface area contributed by atoms with E-state index in [1.54, 1.807) is 0 Å². The van der Waals surface area contributed by atoms with Gasteiger partial charge in [0, 0.05) is 17.6 Å². The fourth-order valence-corrected chi connectivity index (χ4v) is 1.92. The molecule has 3 N–H and O–H groups in total. The molecule has 0 fully saturated rings. The molecule has 0 aromatic heterocycles. The van der Waals surface area contributed by atoms with Crippen LogP contribution in [0.4, 0.5) is 0 Å². The lowest BCUT2D eigenvalue weighted by Crippen LogP contribution is -2.30. The van der Waals surface area contributed by atoms with Gasteiger partial charge in [0.2, 0.25) is 0 Å². The largest absolute Gasteiger partial charge is 0.356 e. The summed E-state index contributed by atoms with van der Waals surface area (Å²) >= 11 is 6.13. The van der Waals surface area contributed by atoms with Gasteiger partial charge >= 0.3 is 5.97 Å².